The predicted molar refractivity (Wildman–Crippen MR) is 218 cm³/mol. The highest BCUT2D eigenvalue weighted by molar-refractivity contribution is 7.61. The number of aromatic amines is 1. The van der Waals surface area contributed by atoms with Gasteiger partial charge in [0.25, 0.3) is 5.56 Å². The molecule has 2 aliphatic rings. The van der Waals surface area contributed by atoms with Crippen LogP contribution < -0.4 is 38.2 Å². The number of aliphatic hydroxyl groups is 4. The molecule has 1 aromatic heterocycles. The first-order chi connectivity index (χ1) is 31.2. The SMILES string of the molecule is CC(=O)N[C@H]1C(OP(=O)(O)OP(=O)(O)OC[C@H]2O[C@@H](n3ccc(=O)[nH]c3=O)[C@H](O)[C@@H]2O)O[C@H](CO)[C@@H](O)[C@@H]1OC(C)C(=O)N[C@@H](C)C(=O)NC(CCC(=O)N[C@@H](CCCCN)C(=O)O)C(=O)O. The molecule has 3 rings (SSSR count). The quantitative estimate of drug-likeness (QED) is 0.0304. The number of amides is 4. The van der Waals surface area contributed by atoms with E-state index < -0.39 is 168 Å². The van der Waals surface area contributed by atoms with Gasteiger partial charge >= 0.3 is 33.3 Å². The number of carbonyl (C=O) groups is 6. The molecule has 2 saturated heterocycles. The lowest BCUT2D eigenvalue weighted by Crippen LogP contribution is -2.66. The van der Waals surface area contributed by atoms with Gasteiger partial charge in [0, 0.05) is 25.6 Å². The average molecular weight is 1010 g/mol. The Morgan fingerprint density at radius 2 is 1.52 bits per heavy atom. The molecule has 2 fully saturated rings. The van der Waals surface area contributed by atoms with Crippen LogP contribution in [0.25, 0.3) is 0 Å². The lowest BCUT2D eigenvalue weighted by Gasteiger charge is -2.44. The zero-order chi connectivity index (χ0) is 50.6. The standard InChI is InChI=1S/C34H55N7O24P2/c1-14(28(49)39-18(32(53)54)7-8-21(44)38-17(31(51)52)6-4-5-10-35)36-29(50)15(2)61-27-23(37-16(3)43)33(63-19(12-42)25(27)47)64-67(58,59)65-66(56,57)60-13-20-24(46)26(48)30(62-20)41-11-9-22(45)40-34(41)55/h9,11,14-15,17-20,23-27,30,33,42,46-48H,4-8,10,12-13,35H2,1-3H3,(H,36,50)(H,37,43)(H,38,44)(H,39,49)(H,51,52)(H,53,54)(H,56,57)(H,58,59)(H,40,45,55)/t14-,15?,17-,18?,19+,20+,23+,24+,25+,26+,27+,30+,33?/m0/s1. The molecule has 2 aliphatic heterocycles. The van der Waals surface area contributed by atoms with E-state index in [1.807, 2.05) is 4.98 Å². The van der Waals surface area contributed by atoms with Gasteiger partial charge in [-0.05, 0) is 46.1 Å². The van der Waals surface area contributed by atoms with Gasteiger partial charge in [-0.2, -0.15) is 4.31 Å². The highest BCUT2D eigenvalue weighted by Crippen LogP contribution is 2.61. The van der Waals surface area contributed by atoms with E-state index in [0.29, 0.717) is 24.0 Å². The molecule has 0 aliphatic carbocycles. The Bertz CT molecular complexity index is 2130. The van der Waals surface area contributed by atoms with Crippen molar-refractivity contribution in [2.45, 2.75) is 132 Å². The molecule has 0 saturated carbocycles. The first-order valence-corrected chi connectivity index (χ1v) is 23.2. The highest BCUT2D eigenvalue weighted by atomic mass is 31.3. The Hall–Kier alpha value is -4.56. The number of ether oxygens (including phenoxy) is 3. The number of carboxylic acid groups (broad SMARTS) is 2. The lowest BCUT2D eigenvalue weighted by atomic mass is 9.96. The van der Waals surface area contributed by atoms with Gasteiger partial charge in [-0.25, -0.2) is 23.5 Å². The molecule has 15 atom stereocenters. The number of nitrogens with two attached hydrogens (primary N) is 1. The Kier molecular flexibility index (Phi) is 21.3. The number of carbonyl (C=O) groups excluding carboxylic acids is 4. The fourth-order valence-electron chi connectivity index (χ4n) is 6.44. The highest BCUT2D eigenvalue weighted by Gasteiger charge is 2.52. The maximum Gasteiger partial charge on any atom is 0.483 e. The van der Waals surface area contributed by atoms with Crippen molar-refractivity contribution in [1.29, 1.82) is 0 Å². The monoisotopic (exact) mass is 1010 g/mol. The van der Waals surface area contributed by atoms with Crippen LogP contribution in [0.1, 0.15) is 59.1 Å². The van der Waals surface area contributed by atoms with Crippen molar-refractivity contribution in [1.82, 2.24) is 30.8 Å². The van der Waals surface area contributed by atoms with Crippen molar-refractivity contribution in [2.75, 3.05) is 19.8 Å². The van der Waals surface area contributed by atoms with E-state index in [1.54, 1.807) is 0 Å². The normalized spacial score (nSPS) is 27.5. The van der Waals surface area contributed by atoms with E-state index in [4.69, 9.17) is 24.5 Å². The third-order valence-corrected chi connectivity index (χ3v) is 12.5. The van der Waals surface area contributed by atoms with Crippen LogP contribution in [-0.4, -0.2) is 178 Å². The Morgan fingerprint density at radius 1 is 0.881 bits per heavy atom. The van der Waals surface area contributed by atoms with Crippen LogP contribution in [0.2, 0.25) is 0 Å². The van der Waals surface area contributed by atoms with E-state index in [9.17, 15) is 87.9 Å². The second kappa shape index (κ2) is 25.2. The van der Waals surface area contributed by atoms with E-state index in [-0.39, 0.29) is 6.42 Å². The second-order valence-electron chi connectivity index (χ2n) is 15.1. The maximum absolute atomic E-state index is 13.2. The number of hydrogen-bond acceptors (Lipinski definition) is 21. The van der Waals surface area contributed by atoms with Crippen LogP contribution in [0.3, 0.4) is 0 Å². The number of H-pyrrole nitrogens is 1. The number of aliphatic hydroxyl groups excluding tert-OH is 4. The summed E-state index contributed by atoms with van der Waals surface area (Å²) < 4.78 is 56.8. The average Bonchev–Trinajstić information content (AvgIpc) is 3.51. The largest absolute Gasteiger partial charge is 0.483 e. The number of aromatic nitrogens is 2. The first-order valence-electron chi connectivity index (χ1n) is 20.2. The number of phosphoric ester groups is 2. The summed E-state index contributed by atoms with van der Waals surface area (Å²) in [6.45, 7) is 1.20. The number of rotatable bonds is 26. The topological polar surface area (TPSA) is 483 Å². The number of nitrogens with zero attached hydrogens (tertiary/aromatic N) is 1. The molecule has 5 unspecified atom stereocenters. The molecule has 0 aromatic carbocycles. The molecule has 4 amide bonds. The van der Waals surface area contributed by atoms with Crippen molar-refractivity contribution in [3.63, 3.8) is 0 Å². The van der Waals surface area contributed by atoms with Crippen LogP contribution in [0.4, 0.5) is 0 Å². The summed E-state index contributed by atoms with van der Waals surface area (Å²) in [4.78, 5) is 121. The first kappa shape index (κ1) is 56.8. The summed E-state index contributed by atoms with van der Waals surface area (Å²) in [6, 6.07) is -5.48. The smallest absolute Gasteiger partial charge is 0.480 e. The van der Waals surface area contributed by atoms with Crippen molar-refractivity contribution >= 4 is 51.2 Å². The third kappa shape index (κ3) is 16.9. The van der Waals surface area contributed by atoms with Gasteiger partial charge in [0.2, 0.25) is 23.6 Å². The van der Waals surface area contributed by atoms with E-state index in [0.717, 1.165) is 33.0 Å². The minimum atomic E-state index is -5.92. The lowest BCUT2D eigenvalue weighted by molar-refractivity contribution is -0.261. The van der Waals surface area contributed by atoms with Crippen molar-refractivity contribution in [2.24, 2.45) is 5.73 Å². The maximum atomic E-state index is 13.2. The van der Waals surface area contributed by atoms with E-state index >= 15 is 0 Å². The number of aliphatic carboxylic acids is 2. The zero-order valence-corrected chi connectivity index (χ0v) is 37.6. The van der Waals surface area contributed by atoms with Gasteiger partial charge < -0.3 is 81.6 Å². The van der Waals surface area contributed by atoms with E-state index in [2.05, 4.69) is 30.1 Å². The third-order valence-electron chi connectivity index (χ3n) is 9.87. The molecule has 33 heteroatoms. The van der Waals surface area contributed by atoms with Gasteiger partial charge in [0.05, 0.1) is 13.2 Å². The summed E-state index contributed by atoms with van der Waals surface area (Å²) in [7, 11) is -11.7. The van der Waals surface area contributed by atoms with Crippen LogP contribution in [0.15, 0.2) is 21.9 Å². The summed E-state index contributed by atoms with van der Waals surface area (Å²) in [5.41, 5.74) is 3.54. The molecule has 0 bridgehead atoms. The summed E-state index contributed by atoms with van der Waals surface area (Å²) in [5, 5.41) is 69.6. The molecule has 15 N–H and O–H groups in total. The summed E-state index contributed by atoms with van der Waals surface area (Å²) in [6.07, 6.45) is -15.9. The van der Waals surface area contributed by atoms with Gasteiger partial charge in [0.1, 0.15) is 66.9 Å². The molecule has 31 nitrogen and oxygen atoms in total. The molecule has 1 aromatic rings. The van der Waals surface area contributed by atoms with Crippen molar-refractivity contribution in [3.05, 3.63) is 33.1 Å². The van der Waals surface area contributed by atoms with E-state index in [1.165, 1.54) is 0 Å². The van der Waals surface area contributed by atoms with Crippen LogP contribution in [-0.2, 0) is 65.5 Å². The molecule has 380 valence electrons. The Balaban J connectivity index is 1.66. The number of carboxylic acids is 2. The van der Waals surface area contributed by atoms with Gasteiger partial charge in [0.15, 0.2) is 12.5 Å². The second-order valence-corrected chi connectivity index (χ2v) is 18.1. The minimum Gasteiger partial charge on any atom is -0.480 e. The van der Waals surface area contributed by atoms with Crippen LogP contribution >= 0.6 is 15.6 Å². The zero-order valence-electron chi connectivity index (χ0n) is 35.8. The number of nitrogens with one attached hydrogen (secondary N) is 5. The molecule has 3 heterocycles. The number of unbranched alkanes of at least 4 members (excludes halogenated alkanes) is 1. The number of phosphoric acid groups is 2. The Labute approximate surface area is 378 Å². The van der Waals surface area contributed by atoms with Crippen molar-refractivity contribution in [3.8, 4) is 0 Å². The fourth-order valence-corrected chi connectivity index (χ4v) is 8.61. The summed E-state index contributed by atoms with van der Waals surface area (Å²) >= 11 is 0. The summed E-state index contributed by atoms with van der Waals surface area (Å²) in [5.74, 6) is -6.84. The minimum absolute atomic E-state index is 0.0653. The van der Waals surface area contributed by atoms with Gasteiger partial charge in [-0.3, -0.25) is 42.6 Å². The van der Waals surface area contributed by atoms with Gasteiger partial charge in [-0.1, -0.05) is 0 Å². The molecule has 67 heavy (non-hydrogen) atoms. The molecule has 0 spiro atoms. The predicted octanol–water partition coefficient (Wildman–Crippen LogP) is -5.68. The fraction of sp³-hybridized carbons (Fsp3) is 0.706. The Morgan fingerprint density at radius 3 is 2.10 bits per heavy atom. The van der Waals surface area contributed by atoms with Gasteiger partial charge in [-0.15, -0.1) is 0 Å². The molecular formula is C34H55N7O24P2. The van der Waals surface area contributed by atoms with Crippen LogP contribution in [0, 0.1) is 0 Å². The number of hydrogen-bond donors (Lipinski definition) is 14. The molecular weight excluding hydrogens is 952 g/mol. The van der Waals surface area contributed by atoms with Crippen LogP contribution in [0.5, 0.6) is 0 Å². The van der Waals surface area contributed by atoms with Crippen molar-refractivity contribution < 1.29 is 106 Å². The molecule has 0 radical (unpaired) electrons.